The molecule has 2 aromatic rings. The smallest absolute Gasteiger partial charge is 0.138 e. The Bertz CT molecular complexity index is 611. The summed E-state index contributed by atoms with van der Waals surface area (Å²) in [4.78, 5) is 0. The third-order valence-electron chi connectivity index (χ3n) is 2.81. The number of nitrogens with one attached hydrogen (secondary N) is 1. The third-order valence-corrected chi connectivity index (χ3v) is 3.86. The van der Waals surface area contributed by atoms with Crippen LogP contribution in [0.3, 0.4) is 0 Å². The van der Waals surface area contributed by atoms with Crippen molar-refractivity contribution in [3.05, 3.63) is 56.2 Å². The number of anilines is 1. The van der Waals surface area contributed by atoms with E-state index in [0.29, 0.717) is 6.54 Å². The molecule has 0 aliphatic rings. The van der Waals surface area contributed by atoms with Crippen LogP contribution in [0.25, 0.3) is 0 Å². The van der Waals surface area contributed by atoms with Crippen molar-refractivity contribution in [2.45, 2.75) is 13.5 Å². The molecule has 0 heterocycles. The highest BCUT2D eigenvalue weighted by Gasteiger charge is 2.09. The molecule has 0 aromatic heterocycles. The highest BCUT2D eigenvalue weighted by molar-refractivity contribution is 9.11. The lowest BCUT2D eigenvalue weighted by molar-refractivity contribution is 0.407. The number of halogens is 3. The van der Waals surface area contributed by atoms with Crippen LogP contribution >= 0.6 is 31.9 Å². The summed E-state index contributed by atoms with van der Waals surface area (Å²) in [7, 11) is 1.63. The Morgan fingerprint density at radius 1 is 1.15 bits per heavy atom. The highest BCUT2D eigenvalue weighted by atomic mass is 79.9. The Hall–Kier alpha value is -1.07. The molecule has 20 heavy (non-hydrogen) atoms. The van der Waals surface area contributed by atoms with Gasteiger partial charge in [0.15, 0.2) is 0 Å². The zero-order chi connectivity index (χ0) is 14.7. The Labute approximate surface area is 134 Å². The zero-order valence-corrected chi connectivity index (χ0v) is 14.3. The van der Waals surface area contributed by atoms with E-state index in [9.17, 15) is 4.39 Å². The fourth-order valence-electron chi connectivity index (χ4n) is 2.01. The van der Waals surface area contributed by atoms with Gasteiger partial charge in [-0.25, -0.2) is 4.39 Å². The second-order valence-corrected chi connectivity index (χ2v) is 6.22. The fourth-order valence-corrected chi connectivity index (χ4v) is 3.48. The fraction of sp³-hybridized carbons (Fsp3) is 0.200. The molecule has 106 valence electrons. The topological polar surface area (TPSA) is 21.3 Å². The molecule has 0 amide bonds. The normalized spacial score (nSPS) is 10.4. The lowest BCUT2D eigenvalue weighted by Crippen LogP contribution is -2.03. The van der Waals surface area contributed by atoms with Crippen LogP contribution in [0.2, 0.25) is 0 Å². The molecule has 5 heteroatoms. The predicted molar refractivity (Wildman–Crippen MR) is 86.9 cm³/mol. The minimum Gasteiger partial charge on any atom is -0.495 e. The van der Waals surface area contributed by atoms with E-state index in [4.69, 9.17) is 4.74 Å². The number of methoxy groups -OCH3 is 1. The van der Waals surface area contributed by atoms with E-state index < -0.39 is 0 Å². The van der Waals surface area contributed by atoms with E-state index in [2.05, 4.69) is 37.2 Å². The standard InChI is InChI=1S/C15H14Br2FNO/c1-9-3-12(18)7-13(4-9)19-8-10-5-11(16)6-14(17)15(10)20-2/h3-7,19H,8H2,1-2H3. The molecule has 0 aliphatic heterocycles. The lowest BCUT2D eigenvalue weighted by atomic mass is 10.1. The Balaban J connectivity index is 2.22. The van der Waals surface area contributed by atoms with Gasteiger partial charge in [-0.15, -0.1) is 0 Å². The van der Waals surface area contributed by atoms with Crippen molar-refractivity contribution in [1.82, 2.24) is 0 Å². The first kappa shape index (κ1) is 15.3. The van der Waals surface area contributed by atoms with Gasteiger partial charge in [0.05, 0.1) is 11.6 Å². The monoisotopic (exact) mass is 401 g/mol. The van der Waals surface area contributed by atoms with E-state index in [0.717, 1.165) is 31.5 Å². The Kier molecular flexibility index (Phi) is 5.05. The van der Waals surface area contributed by atoms with Crippen molar-refractivity contribution in [2.75, 3.05) is 12.4 Å². The van der Waals surface area contributed by atoms with Gasteiger partial charge in [0, 0.05) is 22.3 Å². The van der Waals surface area contributed by atoms with Crippen molar-refractivity contribution in [3.8, 4) is 5.75 Å². The van der Waals surface area contributed by atoms with Crippen LogP contribution < -0.4 is 10.1 Å². The van der Waals surface area contributed by atoms with Gasteiger partial charge in [0.25, 0.3) is 0 Å². The molecular weight excluding hydrogens is 389 g/mol. The van der Waals surface area contributed by atoms with Gasteiger partial charge in [-0.3, -0.25) is 0 Å². The molecule has 2 nitrogen and oxygen atoms in total. The average Bonchev–Trinajstić information content (AvgIpc) is 2.34. The van der Waals surface area contributed by atoms with Gasteiger partial charge in [-0.05, 0) is 58.7 Å². The van der Waals surface area contributed by atoms with Crippen LogP contribution in [0.1, 0.15) is 11.1 Å². The van der Waals surface area contributed by atoms with E-state index >= 15 is 0 Å². The van der Waals surface area contributed by atoms with E-state index in [1.165, 1.54) is 12.1 Å². The minimum atomic E-state index is -0.241. The molecule has 0 unspecified atom stereocenters. The number of ether oxygens (including phenoxy) is 1. The summed E-state index contributed by atoms with van der Waals surface area (Å²) < 4.78 is 20.6. The van der Waals surface area contributed by atoms with Gasteiger partial charge < -0.3 is 10.1 Å². The number of hydrogen-bond acceptors (Lipinski definition) is 2. The first-order chi connectivity index (χ1) is 9.49. The number of rotatable bonds is 4. The van der Waals surface area contributed by atoms with E-state index in [1.54, 1.807) is 7.11 Å². The summed E-state index contributed by atoms with van der Waals surface area (Å²) in [5.74, 6) is 0.531. The van der Waals surface area contributed by atoms with Crippen LogP contribution in [0.5, 0.6) is 5.75 Å². The Morgan fingerprint density at radius 2 is 1.90 bits per heavy atom. The molecule has 1 N–H and O–H groups in total. The van der Waals surface area contributed by atoms with E-state index in [-0.39, 0.29) is 5.82 Å². The number of aryl methyl sites for hydroxylation is 1. The lowest BCUT2D eigenvalue weighted by Gasteiger charge is -2.13. The van der Waals surface area contributed by atoms with Crippen molar-refractivity contribution < 1.29 is 9.13 Å². The quantitative estimate of drug-likeness (QED) is 0.751. The molecule has 0 spiro atoms. The second kappa shape index (κ2) is 6.59. The van der Waals surface area contributed by atoms with Crippen molar-refractivity contribution in [1.29, 1.82) is 0 Å². The maximum atomic E-state index is 13.3. The minimum absolute atomic E-state index is 0.241. The predicted octanol–water partition coefficient (Wildman–Crippen LogP) is 5.28. The number of benzene rings is 2. The van der Waals surface area contributed by atoms with Gasteiger partial charge in [0.1, 0.15) is 11.6 Å². The van der Waals surface area contributed by atoms with Crippen LogP contribution in [0.4, 0.5) is 10.1 Å². The van der Waals surface area contributed by atoms with Gasteiger partial charge >= 0.3 is 0 Å². The molecule has 0 saturated carbocycles. The summed E-state index contributed by atoms with van der Waals surface area (Å²) in [6, 6.07) is 8.79. The van der Waals surface area contributed by atoms with Gasteiger partial charge in [-0.1, -0.05) is 15.9 Å². The SMILES string of the molecule is COc1c(Br)cc(Br)cc1CNc1cc(C)cc(F)c1. The molecule has 2 rings (SSSR count). The number of hydrogen-bond donors (Lipinski definition) is 1. The van der Waals surface area contributed by atoms with Crippen molar-refractivity contribution >= 4 is 37.5 Å². The summed E-state index contributed by atoms with van der Waals surface area (Å²) in [5, 5.41) is 3.21. The summed E-state index contributed by atoms with van der Waals surface area (Å²) in [6.45, 7) is 2.41. The molecule has 0 atom stereocenters. The average molecular weight is 403 g/mol. The summed E-state index contributed by atoms with van der Waals surface area (Å²) in [6.07, 6.45) is 0. The van der Waals surface area contributed by atoms with E-state index in [1.807, 2.05) is 25.1 Å². The molecule has 2 aromatic carbocycles. The van der Waals surface area contributed by atoms with Crippen LogP contribution in [0.15, 0.2) is 39.3 Å². The largest absolute Gasteiger partial charge is 0.495 e. The third kappa shape index (κ3) is 3.73. The van der Waals surface area contributed by atoms with Gasteiger partial charge in [0.2, 0.25) is 0 Å². The summed E-state index contributed by atoms with van der Waals surface area (Å²) in [5.41, 5.74) is 2.62. The zero-order valence-electron chi connectivity index (χ0n) is 11.1. The molecule has 0 fully saturated rings. The molecule has 0 saturated heterocycles. The molecular formula is C15H14Br2FNO. The Morgan fingerprint density at radius 3 is 2.55 bits per heavy atom. The second-order valence-electron chi connectivity index (χ2n) is 4.45. The van der Waals surface area contributed by atoms with Gasteiger partial charge in [-0.2, -0.15) is 0 Å². The molecule has 0 radical (unpaired) electrons. The van der Waals surface area contributed by atoms with Crippen molar-refractivity contribution in [3.63, 3.8) is 0 Å². The maximum Gasteiger partial charge on any atom is 0.138 e. The van der Waals surface area contributed by atoms with Crippen LogP contribution in [-0.2, 0) is 6.54 Å². The highest BCUT2D eigenvalue weighted by Crippen LogP contribution is 2.33. The molecule has 0 aliphatic carbocycles. The van der Waals surface area contributed by atoms with Crippen molar-refractivity contribution in [2.24, 2.45) is 0 Å². The first-order valence-corrected chi connectivity index (χ1v) is 7.61. The maximum absolute atomic E-state index is 13.3. The van der Waals surface area contributed by atoms with Crippen LogP contribution in [-0.4, -0.2) is 7.11 Å². The molecule has 0 bridgehead atoms. The first-order valence-electron chi connectivity index (χ1n) is 6.02. The van der Waals surface area contributed by atoms with Crippen LogP contribution in [0, 0.1) is 12.7 Å². The summed E-state index contributed by atoms with van der Waals surface area (Å²) >= 11 is 6.92.